The average molecular weight is 220 g/mol. The highest BCUT2D eigenvalue weighted by molar-refractivity contribution is 5.37. The zero-order valence-electron chi connectivity index (χ0n) is 11.8. The largest absolute Gasteiger partial charge is 0.0953 e. The number of fused-ring (bicyclic) bond motifs is 1. The lowest BCUT2D eigenvalue weighted by Gasteiger charge is -2.38. The minimum atomic E-state index is 0.551. The first kappa shape index (κ1) is 13.5. The van der Waals surface area contributed by atoms with Gasteiger partial charge in [-0.15, -0.1) is 0 Å². The van der Waals surface area contributed by atoms with Gasteiger partial charge in [0.1, 0.15) is 0 Å². The van der Waals surface area contributed by atoms with Crippen molar-refractivity contribution in [3.05, 3.63) is 23.8 Å². The highest BCUT2D eigenvalue weighted by Crippen LogP contribution is 2.54. The van der Waals surface area contributed by atoms with Crippen LogP contribution < -0.4 is 0 Å². The zero-order valence-corrected chi connectivity index (χ0v) is 11.8. The monoisotopic (exact) mass is 220 g/mol. The molecule has 0 aromatic heterocycles. The Kier molecular flexibility index (Phi) is 4.41. The minimum Gasteiger partial charge on any atom is -0.0953 e. The zero-order chi connectivity index (χ0) is 12.3. The van der Waals surface area contributed by atoms with Gasteiger partial charge in [-0.2, -0.15) is 0 Å². The van der Waals surface area contributed by atoms with Crippen molar-refractivity contribution in [1.82, 2.24) is 0 Å². The van der Waals surface area contributed by atoms with Gasteiger partial charge < -0.3 is 0 Å². The van der Waals surface area contributed by atoms with Gasteiger partial charge in [-0.1, -0.05) is 53.7 Å². The van der Waals surface area contributed by atoms with Crippen molar-refractivity contribution in [3.63, 3.8) is 0 Å². The summed E-state index contributed by atoms with van der Waals surface area (Å²) in [6.07, 6.45) is 7.91. The fraction of sp³-hybridized carbons (Fsp3) is 0.750. The fourth-order valence-electron chi connectivity index (χ4n) is 3.35. The molecule has 0 amide bonds. The van der Waals surface area contributed by atoms with Gasteiger partial charge in [-0.25, -0.2) is 0 Å². The molecule has 0 heteroatoms. The molecule has 0 aliphatic heterocycles. The van der Waals surface area contributed by atoms with E-state index in [-0.39, 0.29) is 0 Å². The molecule has 92 valence electrons. The van der Waals surface area contributed by atoms with E-state index in [1.165, 1.54) is 36.8 Å². The van der Waals surface area contributed by atoms with Crippen molar-refractivity contribution < 1.29 is 0 Å². The Morgan fingerprint density at radius 3 is 2.56 bits per heavy atom. The highest BCUT2D eigenvalue weighted by Gasteiger charge is 2.42. The molecule has 0 aromatic rings. The molecule has 0 heterocycles. The van der Waals surface area contributed by atoms with Crippen molar-refractivity contribution in [3.8, 4) is 0 Å². The van der Waals surface area contributed by atoms with E-state index >= 15 is 0 Å². The molecule has 0 aromatic carbocycles. The molecule has 2 atom stereocenters. The van der Waals surface area contributed by atoms with Crippen molar-refractivity contribution >= 4 is 0 Å². The molecule has 0 saturated heterocycles. The predicted molar refractivity (Wildman–Crippen MR) is 73.5 cm³/mol. The van der Waals surface area contributed by atoms with Gasteiger partial charge >= 0.3 is 0 Å². The number of hydrogen-bond donors (Lipinski definition) is 0. The summed E-state index contributed by atoms with van der Waals surface area (Å²) in [5.74, 6) is 1.44. The maximum absolute atomic E-state index is 4.34. The van der Waals surface area contributed by atoms with E-state index in [1.54, 1.807) is 0 Å². The Bertz CT molecular complexity index is 282. The molecule has 0 radical (unpaired) electrons. The molecular weight excluding hydrogens is 192 g/mol. The topological polar surface area (TPSA) is 0 Å². The van der Waals surface area contributed by atoms with Crippen molar-refractivity contribution in [2.75, 3.05) is 0 Å². The fourth-order valence-corrected chi connectivity index (χ4v) is 3.35. The Balaban J connectivity index is 0.000000606. The van der Waals surface area contributed by atoms with Crippen LogP contribution in [-0.4, -0.2) is 0 Å². The van der Waals surface area contributed by atoms with Crippen LogP contribution >= 0.6 is 0 Å². The summed E-state index contributed by atoms with van der Waals surface area (Å²) < 4.78 is 0. The molecule has 0 spiro atoms. The van der Waals surface area contributed by atoms with E-state index in [9.17, 15) is 0 Å². The van der Waals surface area contributed by atoms with Crippen LogP contribution in [0.5, 0.6) is 0 Å². The lowest BCUT2D eigenvalue weighted by Crippen LogP contribution is -2.27. The van der Waals surface area contributed by atoms with Crippen LogP contribution in [0.2, 0.25) is 0 Å². The lowest BCUT2D eigenvalue weighted by atomic mass is 9.66. The Labute approximate surface area is 102 Å². The maximum Gasteiger partial charge on any atom is -0.0108 e. The van der Waals surface area contributed by atoms with Gasteiger partial charge in [0.25, 0.3) is 0 Å². The number of allylic oxidation sites excluding steroid dienone is 3. The van der Waals surface area contributed by atoms with Crippen LogP contribution in [-0.2, 0) is 0 Å². The summed E-state index contributed by atoms with van der Waals surface area (Å²) in [4.78, 5) is 0. The first-order valence-electron chi connectivity index (χ1n) is 6.94. The first-order valence-corrected chi connectivity index (χ1v) is 6.94. The van der Waals surface area contributed by atoms with Crippen LogP contribution in [0.4, 0.5) is 0 Å². The third-order valence-corrected chi connectivity index (χ3v) is 4.28. The molecule has 0 N–H and O–H groups in total. The highest BCUT2D eigenvalue weighted by atomic mass is 14.5. The molecule has 0 bridgehead atoms. The third-order valence-electron chi connectivity index (χ3n) is 4.28. The van der Waals surface area contributed by atoms with Crippen molar-refractivity contribution in [2.45, 2.75) is 60.3 Å². The molecule has 2 rings (SSSR count). The SMILES string of the molecule is C=C1C(C(C)C)=CC[C@]2(C)CCCC12.CC. The molecule has 0 nitrogen and oxygen atoms in total. The number of rotatable bonds is 1. The number of hydrogen-bond acceptors (Lipinski definition) is 0. The summed E-state index contributed by atoms with van der Waals surface area (Å²) >= 11 is 0. The van der Waals surface area contributed by atoms with Crippen LogP contribution in [0.15, 0.2) is 23.8 Å². The molecule has 2 aliphatic rings. The molecule has 1 saturated carbocycles. The van der Waals surface area contributed by atoms with Gasteiger partial charge in [-0.05, 0) is 47.7 Å². The van der Waals surface area contributed by atoms with Gasteiger partial charge in [-0.3, -0.25) is 0 Å². The van der Waals surface area contributed by atoms with Crippen molar-refractivity contribution in [2.24, 2.45) is 17.3 Å². The molecule has 1 fully saturated rings. The summed E-state index contributed by atoms with van der Waals surface area (Å²) in [7, 11) is 0. The second-order valence-corrected chi connectivity index (χ2v) is 5.64. The van der Waals surface area contributed by atoms with Gasteiger partial charge in [0.2, 0.25) is 0 Å². The van der Waals surface area contributed by atoms with Gasteiger partial charge in [0, 0.05) is 0 Å². The van der Waals surface area contributed by atoms with E-state index in [4.69, 9.17) is 0 Å². The predicted octanol–water partition coefficient (Wildman–Crippen LogP) is 5.36. The van der Waals surface area contributed by atoms with Crippen LogP contribution in [0, 0.1) is 17.3 Å². The quantitative estimate of drug-likeness (QED) is 0.558. The molecule has 16 heavy (non-hydrogen) atoms. The molecular formula is C16H28. The summed E-state index contributed by atoms with van der Waals surface area (Å²) in [6, 6.07) is 0. The smallest absolute Gasteiger partial charge is 0.0108 e. The third kappa shape index (κ3) is 2.26. The molecule has 2 aliphatic carbocycles. The van der Waals surface area contributed by atoms with E-state index in [0.29, 0.717) is 11.3 Å². The second kappa shape index (κ2) is 5.21. The summed E-state index contributed by atoms with van der Waals surface area (Å²) in [5.41, 5.74) is 3.54. The standard InChI is InChI=1S/C14H22.C2H6/c1-10(2)12-7-9-14(4)8-5-6-13(14)11(12)3;1-2/h7,10,13H,3,5-6,8-9H2,1-2,4H3;1-2H3/t13?,14-;/m0./s1. The average Bonchev–Trinajstić information content (AvgIpc) is 2.64. The van der Waals surface area contributed by atoms with Crippen LogP contribution in [0.3, 0.4) is 0 Å². The minimum absolute atomic E-state index is 0.551. The van der Waals surface area contributed by atoms with Gasteiger partial charge in [0.05, 0.1) is 0 Å². The lowest BCUT2D eigenvalue weighted by molar-refractivity contribution is 0.254. The Morgan fingerprint density at radius 1 is 1.38 bits per heavy atom. The summed E-state index contributed by atoms with van der Waals surface area (Å²) in [6.45, 7) is 15.4. The van der Waals surface area contributed by atoms with Gasteiger partial charge in [0.15, 0.2) is 0 Å². The Hall–Kier alpha value is -0.520. The van der Waals surface area contributed by atoms with Crippen LogP contribution in [0.25, 0.3) is 0 Å². The van der Waals surface area contributed by atoms with Crippen molar-refractivity contribution in [1.29, 1.82) is 0 Å². The molecule has 1 unspecified atom stereocenters. The van der Waals surface area contributed by atoms with E-state index in [0.717, 1.165) is 5.92 Å². The van der Waals surface area contributed by atoms with E-state index in [2.05, 4.69) is 33.4 Å². The Morgan fingerprint density at radius 2 is 2.00 bits per heavy atom. The maximum atomic E-state index is 4.34. The van der Waals surface area contributed by atoms with Crippen LogP contribution in [0.1, 0.15) is 60.3 Å². The second-order valence-electron chi connectivity index (χ2n) is 5.64. The normalized spacial score (nSPS) is 33.0. The van der Waals surface area contributed by atoms with E-state index in [1.807, 2.05) is 13.8 Å². The van der Waals surface area contributed by atoms with E-state index < -0.39 is 0 Å². The summed E-state index contributed by atoms with van der Waals surface area (Å²) in [5, 5.41) is 0. The first-order chi connectivity index (χ1) is 7.54.